The van der Waals surface area contributed by atoms with Crippen LogP contribution in [0.2, 0.25) is 0 Å². The molecule has 0 N–H and O–H groups in total. The number of rotatable bonds is 2. The number of hydrogen-bond donors (Lipinski definition) is 0. The van der Waals surface area contributed by atoms with Crippen molar-refractivity contribution >= 4 is 27.6 Å². The monoisotopic (exact) mass is 288 g/mol. The standard InChI is InChI=1S/C12H9BrN4/c1-17(12-15-7-10(13)8-16-12)11-4-2-9(6-14)3-5-11/h2-5,7-8H,1H3. The quantitative estimate of drug-likeness (QED) is 0.853. The van der Waals surface area contributed by atoms with E-state index in [2.05, 4.69) is 32.0 Å². The molecular formula is C12H9BrN4. The molecule has 0 bridgehead atoms. The van der Waals surface area contributed by atoms with Crippen molar-refractivity contribution in [2.75, 3.05) is 11.9 Å². The Bertz CT molecular complexity index is 542. The molecule has 2 rings (SSSR count). The molecule has 0 aliphatic rings. The van der Waals surface area contributed by atoms with Gasteiger partial charge in [0.15, 0.2) is 0 Å². The number of benzene rings is 1. The van der Waals surface area contributed by atoms with Crippen LogP contribution >= 0.6 is 15.9 Å². The second-order valence-electron chi connectivity index (χ2n) is 3.42. The fourth-order valence-corrected chi connectivity index (χ4v) is 1.56. The van der Waals surface area contributed by atoms with Gasteiger partial charge >= 0.3 is 0 Å². The second kappa shape index (κ2) is 4.93. The third kappa shape index (κ3) is 2.60. The first kappa shape index (κ1) is 11.6. The van der Waals surface area contributed by atoms with E-state index in [1.807, 2.05) is 24.1 Å². The van der Waals surface area contributed by atoms with Crippen LogP contribution in [-0.4, -0.2) is 17.0 Å². The molecule has 0 fully saturated rings. The minimum atomic E-state index is 0.609. The Kier molecular flexibility index (Phi) is 3.35. The molecule has 0 aliphatic heterocycles. The Morgan fingerprint density at radius 2 is 1.76 bits per heavy atom. The predicted octanol–water partition coefficient (Wildman–Crippen LogP) is 2.88. The van der Waals surface area contributed by atoms with Crippen LogP contribution in [0, 0.1) is 11.3 Å². The van der Waals surface area contributed by atoms with Crippen LogP contribution in [0.4, 0.5) is 11.6 Å². The van der Waals surface area contributed by atoms with E-state index in [0.29, 0.717) is 11.5 Å². The molecule has 0 saturated carbocycles. The van der Waals surface area contributed by atoms with Crippen molar-refractivity contribution in [2.45, 2.75) is 0 Å². The van der Waals surface area contributed by atoms with E-state index in [1.165, 1.54) is 0 Å². The summed E-state index contributed by atoms with van der Waals surface area (Å²) in [6.45, 7) is 0. The second-order valence-corrected chi connectivity index (χ2v) is 4.33. The lowest BCUT2D eigenvalue weighted by molar-refractivity contribution is 1.04. The predicted molar refractivity (Wildman–Crippen MR) is 69.0 cm³/mol. The Balaban J connectivity index is 2.27. The van der Waals surface area contributed by atoms with Gasteiger partial charge in [0.2, 0.25) is 5.95 Å². The average Bonchev–Trinajstić information content (AvgIpc) is 2.39. The summed E-state index contributed by atoms with van der Waals surface area (Å²) < 4.78 is 0.842. The van der Waals surface area contributed by atoms with E-state index < -0.39 is 0 Å². The molecule has 17 heavy (non-hydrogen) atoms. The summed E-state index contributed by atoms with van der Waals surface area (Å²) in [5.41, 5.74) is 1.57. The van der Waals surface area contributed by atoms with E-state index in [9.17, 15) is 0 Å². The Morgan fingerprint density at radius 3 is 2.29 bits per heavy atom. The largest absolute Gasteiger partial charge is 0.314 e. The van der Waals surface area contributed by atoms with Gasteiger partial charge in [-0.1, -0.05) is 0 Å². The molecule has 0 unspecified atom stereocenters. The summed E-state index contributed by atoms with van der Waals surface area (Å²) in [7, 11) is 1.88. The van der Waals surface area contributed by atoms with Crippen LogP contribution in [0.5, 0.6) is 0 Å². The Hall–Kier alpha value is -1.93. The first-order valence-electron chi connectivity index (χ1n) is 4.92. The highest BCUT2D eigenvalue weighted by molar-refractivity contribution is 9.10. The molecule has 0 atom stereocenters. The molecule has 5 heteroatoms. The van der Waals surface area contributed by atoms with Gasteiger partial charge in [-0.25, -0.2) is 9.97 Å². The lowest BCUT2D eigenvalue weighted by Crippen LogP contribution is -2.12. The molecule has 0 spiro atoms. The maximum Gasteiger partial charge on any atom is 0.229 e. The van der Waals surface area contributed by atoms with Crippen molar-refractivity contribution < 1.29 is 0 Å². The van der Waals surface area contributed by atoms with Gasteiger partial charge in [-0.05, 0) is 40.2 Å². The van der Waals surface area contributed by atoms with Gasteiger partial charge in [-0.2, -0.15) is 5.26 Å². The zero-order valence-electron chi connectivity index (χ0n) is 9.13. The van der Waals surface area contributed by atoms with Crippen molar-refractivity contribution in [3.8, 4) is 6.07 Å². The van der Waals surface area contributed by atoms with E-state index in [0.717, 1.165) is 10.2 Å². The van der Waals surface area contributed by atoms with E-state index >= 15 is 0 Å². The van der Waals surface area contributed by atoms with Crippen LogP contribution in [0.25, 0.3) is 0 Å². The first-order valence-corrected chi connectivity index (χ1v) is 5.71. The van der Waals surface area contributed by atoms with Gasteiger partial charge in [-0.15, -0.1) is 0 Å². The number of hydrogen-bond acceptors (Lipinski definition) is 4. The van der Waals surface area contributed by atoms with Crippen molar-refractivity contribution in [3.05, 3.63) is 46.7 Å². The SMILES string of the molecule is CN(c1ccc(C#N)cc1)c1ncc(Br)cn1. The molecule has 84 valence electrons. The molecule has 0 saturated heterocycles. The molecular weight excluding hydrogens is 280 g/mol. The summed E-state index contributed by atoms with van der Waals surface area (Å²) in [6, 6.07) is 9.35. The van der Waals surface area contributed by atoms with Crippen LogP contribution in [0.3, 0.4) is 0 Å². The number of aromatic nitrogens is 2. The highest BCUT2D eigenvalue weighted by Gasteiger charge is 2.06. The minimum Gasteiger partial charge on any atom is -0.314 e. The fourth-order valence-electron chi connectivity index (χ4n) is 1.35. The maximum absolute atomic E-state index is 8.72. The molecule has 1 aromatic carbocycles. The zero-order chi connectivity index (χ0) is 12.3. The van der Waals surface area contributed by atoms with Gasteiger partial charge in [0.1, 0.15) is 0 Å². The van der Waals surface area contributed by atoms with Crippen LogP contribution < -0.4 is 4.90 Å². The lowest BCUT2D eigenvalue weighted by atomic mass is 10.2. The normalized spacial score (nSPS) is 9.71. The van der Waals surface area contributed by atoms with Crippen LogP contribution in [-0.2, 0) is 0 Å². The van der Waals surface area contributed by atoms with E-state index in [-0.39, 0.29) is 0 Å². The Morgan fingerprint density at radius 1 is 1.18 bits per heavy atom. The van der Waals surface area contributed by atoms with Crippen molar-refractivity contribution in [1.29, 1.82) is 5.26 Å². The van der Waals surface area contributed by atoms with Crippen LogP contribution in [0.15, 0.2) is 41.1 Å². The molecule has 1 aromatic heterocycles. The van der Waals surface area contributed by atoms with E-state index in [4.69, 9.17) is 5.26 Å². The van der Waals surface area contributed by atoms with Crippen LogP contribution in [0.1, 0.15) is 5.56 Å². The van der Waals surface area contributed by atoms with Gasteiger partial charge in [0, 0.05) is 25.1 Å². The summed E-state index contributed by atoms with van der Waals surface area (Å²) in [4.78, 5) is 10.3. The van der Waals surface area contributed by atoms with Crippen molar-refractivity contribution in [2.24, 2.45) is 0 Å². The third-order valence-electron chi connectivity index (χ3n) is 2.29. The molecule has 1 heterocycles. The highest BCUT2D eigenvalue weighted by atomic mass is 79.9. The molecule has 4 nitrogen and oxygen atoms in total. The number of anilines is 2. The number of nitrogens with zero attached hydrogens (tertiary/aromatic N) is 4. The molecule has 0 radical (unpaired) electrons. The maximum atomic E-state index is 8.72. The smallest absolute Gasteiger partial charge is 0.229 e. The summed E-state index contributed by atoms with van der Waals surface area (Å²) in [5.74, 6) is 0.609. The summed E-state index contributed by atoms with van der Waals surface area (Å²) >= 11 is 3.29. The summed E-state index contributed by atoms with van der Waals surface area (Å²) in [6.07, 6.45) is 3.39. The summed E-state index contributed by atoms with van der Waals surface area (Å²) in [5, 5.41) is 8.72. The molecule has 0 aliphatic carbocycles. The fraction of sp³-hybridized carbons (Fsp3) is 0.0833. The Labute approximate surface area is 108 Å². The number of nitriles is 1. The van der Waals surface area contributed by atoms with Gasteiger partial charge in [0.25, 0.3) is 0 Å². The lowest BCUT2D eigenvalue weighted by Gasteiger charge is -2.16. The average molecular weight is 289 g/mol. The van der Waals surface area contributed by atoms with Gasteiger partial charge in [-0.3, -0.25) is 0 Å². The minimum absolute atomic E-state index is 0.609. The highest BCUT2D eigenvalue weighted by Crippen LogP contribution is 2.20. The van der Waals surface area contributed by atoms with Crippen molar-refractivity contribution in [1.82, 2.24) is 9.97 Å². The molecule has 2 aromatic rings. The van der Waals surface area contributed by atoms with E-state index in [1.54, 1.807) is 24.5 Å². The number of halogens is 1. The first-order chi connectivity index (χ1) is 8.20. The van der Waals surface area contributed by atoms with Gasteiger partial charge < -0.3 is 4.90 Å². The van der Waals surface area contributed by atoms with Crippen molar-refractivity contribution in [3.63, 3.8) is 0 Å². The topological polar surface area (TPSA) is 52.8 Å². The third-order valence-corrected chi connectivity index (χ3v) is 2.70. The van der Waals surface area contributed by atoms with Gasteiger partial charge in [0.05, 0.1) is 16.1 Å². The molecule has 0 amide bonds. The zero-order valence-corrected chi connectivity index (χ0v) is 10.7.